The molecular formula is C10H18O3. The predicted octanol–water partition coefficient (Wildman–Crippen LogP) is 1.90. The second kappa shape index (κ2) is 5.97. The highest BCUT2D eigenvalue weighted by Crippen LogP contribution is 2.17. The number of carbonyl (C=O) groups excluding carboxylic acids is 1. The molecule has 0 aliphatic carbocycles. The van der Waals surface area contributed by atoms with Crippen molar-refractivity contribution in [2.75, 3.05) is 13.2 Å². The van der Waals surface area contributed by atoms with Crippen LogP contribution in [-0.2, 0) is 14.3 Å². The highest BCUT2D eigenvalue weighted by Gasteiger charge is 2.14. The summed E-state index contributed by atoms with van der Waals surface area (Å²) in [6, 6.07) is 0. The molecule has 3 nitrogen and oxygen atoms in total. The van der Waals surface area contributed by atoms with Crippen LogP contribution in [0.15, 0.2) is 0 Å². The van der Waals surface area contributed by atoms with Crippen molar-refractivity contribution in [3.8, 4) is 0 Å². The summed E-state index contributed by atoms with van der Waals surface area (Å²) in [5.74, 6) is -0.183. The average molecular weight is 186 g/mol. The standard InChI is InChI=1S/C10H18O3/c1-9(11)12-7-3-2-5-10-6-4-8-13-10/h10H,2-8H2,1H3/t10-/m0/s1. The minimum Gasteiger partial charge on any atom is -0.466 e. The Labute approximate surface area is 79.4 Å². The van der Waals surface area contributed by atoms with E-state index in [1.807, 2.05) is 0 Å². The van der Waals surface area contributed by atoms with Crippen molar-refractivity contribution >= 4 is 5.97 Å². The van der Waals surface area contributed by atoms with Gasteiger partial charge in [0, 0.05) is 13.5 Å². The Morgan fingerprint density at radius 1 is 1.54 bits per heavy atom. The van der Waals surface area contributed by atoms with Crippen LogP contribution < -0.4 is 0 Å². The fraction of sp³-hybridized carbons (Fsp3) is 0.900. The Kier molecular flexibility index (Phi) is 4.83. The molecule has 0 amide bonds. The van der Waals surface area contributed by atoms with Gasteiger partial charge in [0.25, 0.3) is 0 Å². The number of ether oxygens (including phenoxy) is 2. The molecule has 3 heteroatoms. The van der Waals surface area contributed by atoms with E-state index < -0.39 is 0 Å². The van der Waals surface area contributed by atoms with Crippen LogP contribution >= 0.6 is 0 Å². The van der Waals surface area contributed by atoms with E-state index in [2.05, 4.69) is 0 Å². The van der Waals surface area contributed by atoms with Gasteiger partial charge >= 0.3 is 5.97 Å². The van der Waals surface area contributed by atoms with E-state index in [1.54, 1.807) is 0 Å². The van der Waals surface area contributed by atoms with Crippen LogP contribution in [0.3, 0.4) is 0 Å². The number of rotatable bonds is 5. The molecule has 0 unspecified atom stereocenters. The molecule has 0 bridgehead atoms. The van der Waals surface area contributed by atoms with Gasteiger partial charge in [0.05, 0.1) is 12.7 Å². The molecular weight excluding hydrogens is 168 g/mol. The van der Waals surface area contributed by atoms with Crippen molar-refractivity contribution in [2.45, 2.75) is 45.1 Å². The van der Waals surface area contributed by atoms with E-state index in [-0.39, 0.29) is 5.97 Å². The monoisotopic (exact) mass is 186 g/mol. The largest absolute Gasteiger partial charge is 0.466 e. The maximum absolute atomic E-state index is 10.4. The normalized spacial score (nSPS) is 21.8. The Morgan fingerprint density at radius 3 is 3.00 bits per heavy atom. The van der Waals surface area contributed by atoms with Crippen LogP contribution in [0.25, 0.3) is 0 Å². The molecule has 13 heavy (non-hydrogen) atoms. The first kappa shape index (κ1) is 10.5. The van der Waals surface area contributed by atoms with E-state index in [4.69, 9.17) is 9.47 Å². The average Bonchev–Trinajstić information content (AvgIpc) is 2.55. The third kappa shape index (κ3) is 4.88. The number of carbonyl (C=O) groups is 1. The number of unbranched alkanes of at least 4 members (excludes halogenated alkanes) is 1. The van der Waals surface area contributed by atoms with Gasteiger partial charge in [-0.2, -0.15) is 0 Å². The minimum atomic E-state index is -0.183. The number of esters is 1. The second-order valence-electron chi connectivity index (χ2n) is 3.47. The van der Waals surface area contributed by atoms with Gasteiger partial charge in [-0.15, -0.1) is 0 Å². The van der Waals surface area contributed by atoms with Crippen LogP contribution in [0.1, 0.15) is 39.0 Å². The van der Waals surface area contributed by atoms with E-state index in [0.717, 1.165) is 25.9 Å². The summed E-state index contributed by atoms with van der Waals surface area (Å²) in [5.41, 5.74) is 0. The zero-order chi connectivity index (χ0) is 9.52. The van der Waals surface area contributed by atoms with Gasteiger partial charge in [-0.25, -0.2) is 0 Å². The highest BCUT2D eigenvalue weighted by atomic mass is 16.5. The first-order valence-corrected chi connectivity index (χ1v) is 5.04. The summed E-state index contributed by atoms with van der Waals surface area (Å²) in [6.45, 7) is 2.93. The van der Waals surface area contributed by atoms with Gasteiger partial charge in [0.15, 0.2) is 0 Å². The molecule has 0 aromatic carbocycles. The van der Waals surface area contributed by atoms with Crippen LogP contribution in [0.5, 0.6) is 0 Å². The zero-order valence-electron chi connectivity index (χ0n) is 8.25. The molecule has 0 aromatic heterocycles. The van der Waals surface area contributed by atoms with E-state index in [9.17, 15) is 4.79 Å². The highest BCUT2D eigenvalue weighted by molar-refractivity contribution is 5.65. The van der Waals surface area contributed by atoms with Gasteiger partial charge in [-0.05, 0) is 32.1 Å². The summed E-state index contributed by atoms with van der Waals surface area (Å²) < 4.78 is 10.3. The van der Waals surface area contributed by atoms with Gasteiger partial charge in [-0.1, -0.05) is 0 Å². The molecule has 1 fully saturated rings. The van der Waals surface area contributed by atoms with Gasteiger partial charge in [0.2, 0.25) is 0 Å². The Balaban J connectivity index is 1.86. The molecule has 0 radical (unpaired) electrons. The summed E-state index contributed by atoms with van der Waals surface area (Å²) in [5, 5.41) is 0. The molecule has 0 N–H and O–H groups in total. The molecule has 1 saturated heterocycles. The van der Waals surface area contributed by atoms with Crippen LogP contribution in [0.2, 0.25) is 0 Å². The molecule has 1 aliphatic heterocycles. The molecule has 1 rings (SSSR count). The molecule has 1 heterocycles. The molecule has 1 aliphatic rings. The smallest absolute Gasteiger partial charge is 0.302 e. The number of hydrogen-bond acceptors (Lipinski definition) is 3. The third-order valence-corrected chi connectivity index (χ3v) is 2.25. The molecule has 76 valence electrons. The Hall–Kier alpha value is -0.570. The Bertz CT molecular complexity index is 150. The van der Waals surface area contributed by atoms with E-state index in [1.165, 1.54) is 19.8 Å². The summed E-state index contributed by atoms with van der Waals surface area (Å²) in [7, 11) is 0. The fourth-order valence-electron chi connectivity index (χ4n) is 1.56. The van der Waals surface area contributed by atoms with Gasteiger partial charge < -0.3 is 9.47 Å². The first-order chi connectivity index (χ1) is 6.29. The van der Waals surface area contributed by atoms with Crippen molar-refractivity contribution in [1.29, 1.82) is 0 Å². The van der Waals surface area contributed by atoms with Crippen molar-refractivity contribution in [2.24, 2.45) is 0 Å². The van der Waals surface area contributed by atoms with Crippen molar-refractivity contribution in [3.05, 3.63) is 0 Å². The maximum atomic E-state index is 10.4. The second-order valence-corrected chi connectivity index (χ2v) is 3.47. The summed E-state index contributed by atoms with van der Waals surface area (Å²) >= 11 is 0. The fourth-order valence-corrected chi connectivity index (χ4v) is 1.56. The minimum absolute atomic E-state index is 0.183. The quantitative estimate of drug-likeness (QED) is 0.486. The van der Waals surface area contributed by atoms with Crippen LogP contribution in [0.4, 0.5) is 0 Å². The molecule has 0 saturated carbocycles. The predicted molar refractivity (Wildman–Crippen MR) is 49.5 cm³/mol. The molecule has 1 atom stereocenters. The van der Waals surface area contributed by atoms with E-state index >= 15 is 0 Å². The lowest BCUT2D eigenvalue weighted by Crippen LogP contribution is -2.06. The summed E-state index contributed by atoms with van der Waals surface area (Å²) in [6.07, 6.45) is 6.04. The zero-order valence-corrected chi connectivity index (χ0v) is 8.25. The number of hydrogen-bond donors (Lipinski definition) is 0. The lowest BCUT2D eigenvalue weighted by molar-refractivity contribution is -0.141. The van der Waals surface area contributed by atoms with Gasteiger partial charge in [0.1, 0.15) is 0 Å². The molecule has 0 spiro atoms. The van der Waals surface area contributed by atoms with Crippen molar-refractivity contribution < 1.29 is 14.3 Å². The lowest BCUT2D eigenvalue weighted by Gasteiger charge is -2.08. The van der Waals surface area contributed by atoms with E-state index in [0.29, 0.717) is 12.7 Å². The Morgan fingerprint density at radius 2 is 2.38 bits per heavy atom. The van der Waals surface area contributed by atoms with Crippen molar-refractivity contribution in [3.63, 3.8) is 0 Å². The first-order valence-electron chi connectivity index (χ1n) is 5.04. The maximum Gasteiger partial charge on any atom is 0.302 e. The topological polar surface area (TPSA) is 35.5 Å². The van der Waals surface area contributed by atoms with Crippen LogP contribution in [-0.4, -0.2) is 25.3 Å². The lowest BCUT2D eigenvalue weighted by atomic mass is 10.1. The summed E-state index contributed by atoms with van der Waals surface area (Å²) in [4.78, 5) is 10.4. The third-order valence-electron chi connectivity index (χ3n) is 2.25. The van der Waals surface area contributed by atoms with Gasteiger partial charge in [-0.3, -0.25) is 4.79 Å². The molecule has 0 aromatic rings. The van der Waals surface area contributed by atoms with Crippen molar-refractivity contribution in [1.82, 2.24) is 0 Å². The SMILES string of the molecule is CC(=O)OCCCC[C@H]1CCCO1. The van der Waals surface area contributed by atoms with Crippen LogP contribution in [0, 0.1) is 0 Å².